The standard InChI is InChI=1S/C40H49N3O2/c1-27-2-6-29(7-3-27)31-10-16-37(17-11-31)44-25-33-22-35(42)14-20-39(33)40-21-15-36(43)23-34(40)26-45-38-18-12-32(13-19-38)30-8-4-28(24-41)5-9-30/h10-23,27-30H,2-9,24-26,41-43H2,1H3. The molecule has 0 radical (unpaired) electrons. The average Bonchev–Trinajstić information content (AvgIpc) is 3.08. The van der Waals surface area contributed by atoms with Gasteiger partial charge in [0.1, 0.15) is 24.7 Å². The summed E-state index contributed by atoms with van der Waals surface area (Å²) in [6.07, 6.45) is 10.1. The molecule has 45 heavy (non-hydrogen) atoms. The molecule has 6 rings (SSSR count). The minimum absolute atomic E-state index is 0.410. The molecule has 0 spiro atoms. The lowest BCUT2D eigenvalue weighted by Crippen LogP contribution is -2.20. The lowest BCUT2D eigenvalue weighted by molar-refractivity contribution is 0.304. The summed E-state index contributed by atoms with van der Waals surface area (Å²) in [7, 11) is 0. The van der Waals surface area contributed by atoms with Crippen molar-refractivity contribution < 1.29 is 9.47 Å². The zero-order chi connectivity index (χ0) is 31.2. The van der Waals surface area contributed by atoms with E-state index in [2.05, 4.69) is 67.6 Å². The molecule has 0 saturated heterocycles. The van der Waals surface area contributed by atoms with Crippen molar-refractivity contribution in [3.63, 3.8) is 0 Å². The summed E-state index contributed by atoms with van der Waals surface area (Å²) in [5, 5.41) is 0. The fourth-order valence-electron chi connectivity index (χ4n) is 7.31. The van der Waals surface area contributed by atoms with E-state index in [4.69, 9.17) is 26.7 Å². The van der Waals surface area contributed by atoms with Gasteiger partial charge in [0.25, 0.3) is 0 Å². The van der Waals surface area contributed by atoms with Crippen LogP contribution in [0.3, 0.4) is 0 Å². The topological polar surface area (TPSA) is 96.5 Å². The maximum absolute atomic E-state index is 6.32. The molecule has 0 heterocycles. The highest BCUT2D eigenvalue weighted by atomic mass is 16.5. The molecule has 4 aromatic rings. The molecule has 0 unspecified atom stereocenters. The fraction of sp³-hybridized carbons (Fsp3) is 0.400. The van der Waals surface area contributed by atoms with Crippen molar-refractivity contribution in [1.82, 2.24) is 0 Å². The predicted octanol–water partition coefficient (Wildman–Crippen LogP) is 9.20. The SMILES string of the molecule is CC1CCC(c2ccc(OCc3cc(N)ccc3-c3ccc(N)cc3COc3ccc(C4CCC(CN)CC4)cc3)cc2)CC1. The number of nitrogens with two attached hydrogens (primary N) is 3. The summed E-state index contributed by atoms with van der Waals surface area (Å²) in [6.45, 7) is 4.00. The third kappa shape index (κ3) is 7.83. The van der Waals surface area contributed by atoms with Crippen molar-refractivity contribution in [1.29, 1.82) is 0 Å². The molecule has 0 aliphatic heterocycles. The first-order chi connectivity index (χ1) is 21.9. The summed E-state index contributed by atoms with van der Waals surface area (Å²) in [4.78, 5) is 0. The third-order valence-corrected chi connectivity index (χ3v) is 10.2. The van der Waals surface area contributed by atoms with E-state index < -0.39 is 0 Å². The Morgan fingerprint density at radius 2 is 0.978 bits per heavy atom. The molecule has 5 heteroatoms. The van der Waals surface area contributed by atoms with Crippen LogP contribution in [-0.2, 0) is 13.2 Å². The Labute approximate surface area is 269 Å². The monoisotopic (exact) mass is 603 g/mol. The molecule has 2 aliphatic carbocycles. The Bertz CT molecular complexity index is 1530. The fourth-order valence-corrected chi connectivity index (χ4v) is 7.31. The Morgan fingerprint density at radius 1 is 0.556 bits per heavy atom. The van der Waals surface area contributed by atoms with Gasteiger partial charge in [-0.1, -0.05) is 56.2 Å². The van der Waals surface area contributed by atoms with Crippen molar-refractivity contribution in [3.05, 3.63) is 107 Å². The van der Waals surface area contributed by atoms with Crippen LogP contribution in [0, 0.1) is 11.8 Å². The maximum atomic E-state index is 6.32. The highest BCUT2D eigenvalue weighted by Crippen LogP contribution is 2.38. The molecule has 236 valence electrons. The van der Waals surface area contributed by atoms with Crippen LogP contribution in [0.1, 0.15) is 92.4 Å². The predicted molar refractivity (Wildman–Crippen MR) is 186 cm³/mol. The van der Waals surface area contributed by atoms with E-state index in [1.54, 1.807) is 0 Å². The Balaban J connectivity index is 1.13. The number of nitrogen functional groups attached to an aromatic ring is 2. The summed E-state index contributed by atoms with van der Waals surface area (Å²) in [5.41, 5.74) is 26.8. The van der Waals surface area contributed by atoms with Crippen molar-refractivity contribution in [2.45, 2.75) is 83.3 Å². The first kappa shape index (κ1) is 31.0. The molecule has 0 atom stereocenters. The first-order valence-corrected chi connectivity index (χ1v) is 16.9. The van der Waals surface area contributed by atoms with Gasteiger partial charge < -0.3 is 26.7 Å². The molecule has 2 aliphatic rings. The third-order valence-electron chi connectivity index (χ3n) is 10.2. The number of benzene rings is 4. The minimum Gasteiger partial charge on any atom is -0.489 e. The summed E-state index contributed by atoms with van der Waals surface area (Å²) < 4.78 is 12.6. The second-order valence-electron chi connectivity index (χ2n) is 13.5. The molecular weight excluding hydrogens is 554 g/mol. The zero-order valence-corrected chi connectivity index (χ0v) is 26.7. The largest absolute Gasteiger partial charge is 0.489 e. The Hall–Kier alpha value is -3.96. The van der Waals surface area contributed by atoms with Gasteiger partial charge in [0.05, 0.1) is 0 Å². The molecule has 0 bridgehead atoms. The van der Waals surface area contributed by atoms with Crippen LogP contribution < -0.4 is 26.7 Å². The Morgan fingerprint density at radius 3 is 1.40 bits per heavy atom. The van der Waals surface area contributed by atoms with Crippen molar-refractivity contribution in [2.24, 2.45) is 17.6 Å². The van der Waals surface area contributed by atoms with Crippen LogP contribution in [0.25, 0.3) is 11.1 Å². The van der Waals surface area contributed by atoms with Crippen LogP contribution in [-0.4, -0.2) is 6.54 Å². The highest BCUT2D eigenvalue weighted by Gasteiger charge is 2.22. The van der Waals surface area contributed by atoms with Gasteiger partial charge in [-0.25, -0.2) is 0 Å². The lowest BCUT2D eigenvalue weighted by Gasteiger charge is -2.28. The summed E-state index contributed by atoms with van der Waals surface area (Å²) in [6, 6.07) is 29.4. The second kappa shape index (κ2) is 14.4. The van der Waals surface area contributed by atoms with Crippen molar-refractivity contribution in [2.75, 3.05) is 18.0 Å². The van der Waals surface area contributed by atoms with Crippen LogP contribution in [0.5, 0.6) is 11.5 Å². The second-order valence-corrected chi connectivity index (χ2v) is 13.5. The van der Waals surface area contributed by atoms with Crippen LogP contribution in [0.4, 0.5) is 11.4 Å². The van der Waals surface area contributed by atoms with Crippen LogP contribution >= 0.6 is 0 Å². The van der Waals surface area contributed by atoms with Gasteiger partial charge >= 0.3 is 0 Å². The van der Waals surface area contributed by atoms with E-state index in [0.29, 0.717) is 42.3 Å². The molecule has 4 aromatic carbocycles. The minimum atomic E-state index is 0.410. The number of rotatable bonds is 10. The number of anilines is 2. The highest BCUT2D eigenvalue weighted by molar-refractivity contribution is 5.74. The van der Waals surface area contributed by atoms with E-state index >= 15 is 0 Å². The molecule has 2 saturated carbocycles. The molecule has 0 aromatic heterocycles. The van der Waals surface area contributed by atoms with Gasteiger partial charge in [0.15, 0.2) is 0 Å². The molecule has 5 nitrogen and oxygen atoms in total. The van der Waals surface area contributed by atoms with E-state index in [9.17, 15) is 0 Å². The number of hydrogen-bond donors (Lipinski definition) is 3. The lowest BCUT2D eigenvalue weighted by atomic mass is 9.79. The van der Waals surface area contributed by atoms with Crippen LogP contribution in [0.2, 0.25) is 0 Å². The van der Waals surface area contributed by atoms with Gasteiger partial charge in [0, 0.05) is 11.4 Å². The van der Waals surface area contributed by atoms with E-state index in [1.807, 2.05) is 24.3 Å². The molecule has 0 amide bonds. The Kier molecular flexibility index (Phi) is 9.95. The van der Waals surface area contributed by atoms with Gasteiger partial charge in [-0.15, -0.1) is 0 Å². The molecule has 2 fully saturated rings. The van der Waals surface area contributed by atoms with Gasteiger partial charge in [-0.2, -0.15) is 0 Å². The average molecular weight is 604 g/mol. The quantitative estimate of drug-likeness (QED) is 0.157. The van der Waals surface area contributed by atoms with Crippen molar-refractivity contribution in [3.8, 4) is 22.6 Å². The van der Waals surface area contributed by atoms with E-state index in [1.165, 1.54) is 62.5 Å². The van der Waals surface area contributed by atoms with Crippen LogP contribution in [0.15, 0.2) is 84.9 Å². The van der Waals surface area contributed by atoms with Gasteiger partial charge in [-0.05, 0) is 151 Å². The van der Waals surface area contributed by atoms with Gasteiger partial charge in [0.2, 0.25) is 0 Å². The van der Waals surface area contributed by atoms with Gasteiger partial charge in [-0.3, -0.25) is 0 Å². The summed E-state index contributed by atoms with van der Waals surface area (Å²) in [5.74, 6) is 4.55. The van der Waals surface area contributed by atoms with E-state index in [-0.39, 0.29) is 0 Å². The smallest absolute Gasteiger partial charge is 0.119 e. The summed E-state index contributed by atoms with van der Waals surface area (Å²) >= 11 is 0. The maximum Gasteiger partial charge on any atom is 0.119 e. The first-order valence-electron chi connectivity index (χ1n) is 16.9. The zero-order valence-electron chi connectivity index (χ0n) is 26.7. The molecular formula is C40H49N3O2. The molecule has 6 N–H and O–H groups in total. The van der Waals surface area contributed by atoms with E-state index in [0.717, 1.165) is 46.2 Å². The normalized spacial score (nSPS) is 21.7. The number of hydrogen-bond acceptors (Lipinski definition) is 5. The number of ether oxygens (including phenoxy) is 2. The van der Waals surface area contributed by atoms with Crippen molar-refractivity contribution >= 4 is 11.4 Å².